The first-order chi connectivity index (χ1) is 11.8. The Morgan fingerprint density at radius 3 is 2.56 bits per heavy atom. The van der Waals surface area contributed by atoms with Gasteiger partial charge in [-0.05, 0) is 40.2 Å². The van der Waals surface area contributed by atoms with Crippen molar-refractivity contribution in [3.8, 4) is 0 Å². The van der Waals surface area contributed by atoms with Crippen molar-refractivity contribution < 1.29 is 14.3 Å². The second-order valence-electron chi connectivity index (χ2n) is 5.81. The maximum Gasteiger partial charge on any atom is 0.341 e. The van der Waals surface area contributed by atoms with Gasteiger partial charge in [-0.2, -0.15) is 0 Å². The van der Waals surface area contributed by atoms with Crippen molar-refractivity contribution in [2.75, 3.05) is 18.2 Å². The molecule has 0 aromatic carbocycles. The van der Waals surface area contributed by atoms with Crippen LogP contribution in [0.25, 0.3) is 0 Å². The number of nitrogens with zero attached hydrogens (tertiary/aromatic N) is 3. The van der Waals surface area contributed by atoms with Crippen LogP contribution in [0.2, 0.25) is 0 Å². The van der Waals surface area contributed by atoms with Crippen LogP contribution in [0.5, 0.6) is 0 Å². The fourth-order valence-electron chi connectivity index (χ4n) is 2.40. The van der Waals surface area contributed by atoms with Crippen LogP contribution < -0.4 is 5.32 Å². The molecule has 2 heterocycles. The monoisotopic (exact) mass is 382 g/mol. The van der Waals surface area contributed by atoms with Gasteiger partial charge in [-0.1, -0.05) is 11.8 Å². The Morgan fingerprint density at radius 1 is 1.28 bits per heavy atom. The molecule has 2 aromatic heterocycles. The summed E-state index contributed by atoms with van der Waals surface area (Å²) >= 11 is 2.69. The van der Waals surface area contributed by atoms with Crippen LogP contribution >= 0.6 is 23.1 Å². The third-order valence-corrected chi connectivity index (χ3v) is 5.78. The van der Waals surface area contributed by atoms with Gasteiger partial charge in [0, 0.05) is 10.9 Å². The molecule has 0 saturated heterocycles. The number of thiophene rings is 1. The van der Waals surface area contributed by atoms with Crippen LogP contribution in [0.3, 0.4) is 0 Å². The summed E-state index contributed by atoms with van der Waals surface area (Å²) in [6.45, 7) is 9.72. The molecule has 0 aliphatic heterocycles. The van der Waals surface area contributed by atoms with Gasteiger partial charge in [-0.25, -0.2) is 4.79 Å². The number of hydrogen-bond donors (Lipinski definition) is 1. The van der Waals surface area contributed by atoms with E-state index in [2.05, 4.69) is 15.5 Å². The molecule has 0 bridgehead atoms. The highest BCUT2D eigenvalue weighted by atomic mass is 32.2. The number of methoxy groups -OCH3 is 1. The van der Waals surface area contributed by atoms with Crippen LogP contribution in [0.1, 0.15) is 46.5 Å². The van der Waals surface area contributed by atoms with Gasteiger partial charge in [0.2, 0.25) is 5.91 Å². The Morgan fingerprint density at radius 2 is 1.96 bits per heavy atom. The number of hydrogen-bond acceptors (Lipinski definition) is 7. The molecule has 25 heavy (non-hydrogen) atoms. The summed E-state index contributed by atoms with van der Waals surface area (Å²) in [6, 6.07) is 0.217. The van der Waals surface area contributed by atoms with Gasteiger partial charge in [-0.15, -0.1) is 21.5 Å². The number of rotatable bonds is 6. The lowest BCUT2D eigenvalue weighted by Gasteiger charge is -2.11. The van der Waals surface area contributed by atoms with Crippen LogP contribution in [0.4, 0.5) is 5.00 Å². The number of carbonyl (C=O) groups excluding carboxylic acids is 2. The highest BCUT2D eigenvalue weighted by Crippen LogP contribution is 2.33. The average molecular weight is 383 g/mol. The topological polar surface area (TPSA) is 86.1 Å². The van der Waals surface area contributed by atoms with Gasteiger partial charge in [0.25, 0.3) is 0 Å². The van der Waals surface area contributed by atoms with Gasteiger partial charge in [0.15, 0.2) is 5.16 Å². The maximum absolute atomic E-state index is 12.3. The molecule has 0 aliphatic carbocycles. The third-order valence-electron chi connectivity index (χ3n) is 3.71. The van der Waals surface area contributed by atoms with Crippen LogP contribution in [0, 0.1) is 20.8 Å². The van der Waals surface area contributed by atoms with Gasteiger partial charge in [0.05, 0.1) is 18.4 Å². The van der Waals surface area contributed by atoms with E-state index in [1.807, 2.05) is 39.2 Å². The predicted molar refractivity (Wildman–Crippen MR) is 99.6 cm³/mol. The lowest BCUT2D eigenvalue weighted by molar-refractivity contribution is -0.113. The van der Waals surface area contributed by atoms with Crippen molar-refractivity contribution in [3.63, 3.8) is 0 Å². The molecule has 0 radical (unpaired) electrons. The number of nitrogens with one attached hydrogen (secondary N) is 1. The number of ether oxygens (including phenoxy) is 1. The Balaban J connectivity index is 2.09. The van der Waals surface area contributed by atoms with Crippen molar-refractivity contribution in [2.45, 2.75) is 45.8 Å². The summed E-state index contributed by atoms with van der Waals surface area (Å²) in [4.78, 5) is 25.3. The molecule has 7 nitrogen and oxygen atoms in total. The molecule has 0 fully saturated rings. The van der Waals surface area contributed by atoms with E-state index in [1.165, 1.54) is 30.2 Å². The molecule has 1 amide bonds. The van der Waals surface area contributed by atoms with Crippen LogP contribution in [-0.2, 0) is 9.53 Å². The first-order valence-corrected chi connectivity index (χ1v) is 9.58. The molecule has 0 saturated carbocycles. The van der Waals surface area contributed by atoms with E-state index in [4.69, 9.17) is 4.74 Å². The highest BCUT2D eigenvalue weighted by molar-refractivity contribution is 7.99. The number of aromatic nitrogens is 3. The molecule has 0 spiro atoms. The summed E-state index contributed by atoms with van der Waals surface area (Å²) in [7, 11) is 1.33. The predicted octanol–water partition coefficient (Wildman–Crippen LogP) is 3.36. The highest BCUT2D eigenvalue weighted by Gasteiger charge is 2.22. The first-order valence-electron chi connectivity index (χ1n) is 7.78. The molecular weight excluding hydrogens is 360 g/mol. The number of thioether (sulfide) groups is 1. The summed E-state index contributed by atoms with van der Waals surface area (Å²) in [5.41, 5.74) is 1.25. The average Bonchev–Trinajstić information content (AvgIpc) is 3.05. The second kappa shape index (κ2) is 8.01. The van der Waals surface area contributed by atoms with E-state index in [9.17, 15) is 9.59 Å². The van der Waals surface area contributed by atoms with Crippen LogP contribution in [0.15, 0.2) is 5.16 Å². The zero-order chi connectivity index (χ0) is 18.7. The standard InChI is InChI=1S/C16H22N4O3S2/c1-8(2)20-11(5)18-19-16(20)24-7-12(21)17-14-13(15(22)23-6)9(3)10(4)25-14/h8H,7H2,1-6H3,(H,17,21). The minimum Gasteiger partial charge on any atom is -0.465 e. The van der Waals surface area contributed by atoms with E-state index in [1.54, 1.807) is 0 Å². The SMILES string of the molecule is COC(=O)c1c(NC(=O)CSc2nnc(C)n2C(C)C)sc(C)c1C. The number of amides is 1. The fraction of sp³-hybridized carbons (Fsp3) is 0.500. The summed E-state index contributed by atoms with van der Waals surface area (Å²) in [5, 5.41) is 12.2. The van der Waals surface area contributed by atoms with Crippen molar-refractivity contribution in [1.29, 1.82) is 0 Å². The van der Waals surface area contributed by atoms with Crippen molar-refractivity contribution in [1.82, 2.24) is 14.8 Å². The van der Waals surface area contributed by atoms with Crippen molar-refractivity contribution in [2.24, 2.45) is 0 Å². The Hall–Kier alpha value is -1.87. The summed E-state index contributed by atoms with van der Waals surface area (Å²) < 4.78 is 6.80. The lowest BCUT2D eigenvalue weighted by Crippen LogP contribution is -2.16. The van der Waals surface area contributed by atoms with Gasteiger partial charge in [0.1, 0.15) is 10.8 Å². The Kier molecular flexibility index (Phi) is 6.23. The molecule has 2 rings (SSSR count). The Bertz CT molecular complexity index is 796. The molecular formula is C16H22N4O3S2. The number of aryl methyl sites for hydroxylation is 2. The molecule has 136 valence electrons. The van der Waals surface area contributed by atoms with E-state index < -0.39 is 5.97 Å². The number of carbonyl (C=O) groups is 2. The molecule has 0 atom stereocenters. The maximum atomic E-state index is 12.3. The third kappa shape index (κ3) is 4.21. The number of anilines is 1. The molecule has 0 aliphatic rings. The quantitative estimate of drug-likeness (QED) is 0.609. The van der Waals surface area contributed by atoms with E-state index in [0.717, 1.165) is 16.3 Å². The van der Waals surface area contributed by atoms with Crippen molar-refractivity contribution in [3.05, 3.63) is 21.8 Å². The summed E-state index contributed by atoms with van der Waals surface area (Å²) in [6.07, 6.45) is 0. The molecule has 0 unspecified atom stereocenters. The normalized spacial score (nSPS) is 11.0. The molecule has 1 N–H and O–H groups in total. The Labute approximate surface area is 155 Å². The summed E-state index contributed by atoms with van der Waals surface area (Å²) in [5.74, 6) is 0.351. The van der Waals surface area contributed by atoms with Crippen LogP contribution in [-0.4, -0.2) is 39.5 Å². The lowest BCUT2D eigenvalue weighted by atomic mass is 10.1. The van der Waals surface area contributed by atoms with Gasteiger partial charge < -0.3 is 14.6 Å². The first kappa shape index (κ1) is 19.5. The smallest absolute Gasteiger partial charge is 0.341 e. The fourth-order valence-corrected chi connectivity index (χ4v) is 4.38. The second-order valence-corrected chi connectivity index (χ2v) is 7.98. The zero-order valence-corrected chi connectivity index (χ0v) is 16.8. The van der Waals surface area contributed by atoms with E-state index >= 15 is 0 Å². The largest absolute Gasteiger partial charge is 0.465 e. The molecule has 2 aromatic rings. The van der Waals surface area contributed by atoms with E-state index in [0.29, 0.717) is 15.7 Å². The number of esters is 1. The minimum absolute atomic E-state index is 0.182. The van der Waals surface area contributed by atoms with Gasteiger partial charge >= 0.3 is 5.97 Å². The van der Waals surface area contributed by atoms with Crippen molar-refractivity contribution >= 4 is 40.0 Å². The van der Waals surface area contributed by atoms with Gasteiger partial charge in [-0.3, -0.25) is 4.79 Å². The zero-order valence-electron chi connectivity index (χ0n) is 15.2. The minimum atomic E-state index is -0.444. The molecule has 9 heteroatoms. The van der Waals surface area contributed by atoms with E-state index in [-0.39, 0.29) is 17.7 Å².